The highest BCUT2D eigenvalue weighted by Crippen LogP contribution is 2.60. The number of para-hydroxylation sites is 4. The van der Waals surface area contributed by atoms with E-state index in [2.05, 4.69) is 216 Å². The Hall–Kier alpha value is -6.84. The van der Waals surface area contributed by atoms with Crippen LogP contribution in [0.1, 0.15) is 46.2 Å². The molecular weight excluding hydrogens is 703 g/mol. The van der Waals surface area contributed by atoms with Crippen LogP contribution in [0, 0.1) is 13.8 Å². The first-order chi connectivity index (χ1) is 28.6. The molecule has 1 aromatic heterocycles. The van der Waals surface area contributed by atoms with Crippen LogP contribution in [0.4, 0.5) is 34.1 Å². The van der Waals surface area contributed by atoms with E-state index in [1.165, 1.54) is 95.0 Å². The predicted octanol–water partition coefficient (Wildman–Crippen LogP) is 14.5. The zero-order valence-corrected chi connectivity index (χ0v) is 33.1. The minimum Gasteiger partial charge on any atom is -0.310 e. The molecule has 0 N–H and O–H groups in total. The fourth-order valence-electron chi connectivity index (χ4n) is 10.7. The maximum Gasteiger partial charge on any atom is 0.0545 e. The van der Waals surface area contributed by atoms with Gasteiger partial charge in [0.2, 0.25) is 0 Å². The molecule has 1 heterocycles. The summed E-state index contributed by atoms with van der Waals surface area (Å²) in [5, 5.41) is 2.63. The molecule has 0 radical (unpaired) electrons. The van der Waals surface area contributed by atoms with Crippen LogP contribution >= 0.6 is 0 Å². The highest BCUT2D eigenvalue weighted by molar-refractivity contribution is 6.14. The summed E-state index contributed by atoms with van der Waals surface area (Å²) in [4.78, 5) is 5.07. The molecule has 0 fully saturated rings. The molecule has 0 aliphatic heterocycles. The van der Waals surface area contributed by atoms with E-state index < -0.39 is 0 Å². The van der Waals surface area contributed by atoms with Crippen LogP contribution in [-0.4, -0.2) is 4.57 Å². The molecule has 1 atom stereocenters. The lowest BCUT2D eigenvalue weighted by Crippen LogP contribution is -2.27. The van der Waals surface area contributed by atoms with Gasteiger partial charge in [-0.3, -0.25) is 0 Å². The summed E-state index contributed by atoms with van der Waals surface area (Å²) in [7, 11) is 0. The first kappa shape index (κ1) is 34.4. The molecule has 0 saturated carbocycles. The normalized spacial score (nSPS) is 15.6. The van der Waals surface area contributed by atoms with Gasteiger partial charge >= 0.3 is 0 Å². The summed E-state index contributed by atoms with van der Waals surface area (Å²) in [6.07, 6.45) is 4.29. The Morgan fingerprint density at radius 2 is 0.897 bits per heavy atom. The molecule has 2 aliphatic carbocycles. The Bertz CT molecular complexity index is 2920. The smallest absolute Gasteiger partial charge is 0.0545 e. The van der Waals surface area contributed by atoms with Gasteiger partial charge in [0.15, 0.2) is 0 Å². The van der Waals surface area contributed by atoms with E-state index in [1.807, 2.05) is 0 Å². The Morgan fingerprint density at radius 1 is 0.414 bits per heavy atom. The van der Waals surface area contributed by atoms with Gasteiger partial charge in [0.05, 0.1) is 22.4 Å². The number of aromatic nitrogens is 1. The van der Waals surface area contributed by atoms with E-state index in [-0.39, 0.29) is 5.41 Å². The average Bonchev–Trinajstić information content (AvgIpc) is 3.96. The predicted molar refractivity (Wildman–Crippen MR) is 243 cm³/mol. The largest absolute Gasteiger partial charge is 0.310 e. The van der Waals surface area contributed by atoms with Crippen molar-refractivity contribution >= 4 is 55.9 Å². The lowest BCUT2D eigenvalue weighted by molar-refractivity contribution is 0.508. The second-order valence-corrected chi connectivity index (χ2v) is 16.1. The number of hydrogen-bond donors (Lipinski definition) is 0. The fourth-order valence-corrected chi connectivity index (χ4v) is 10.7. The van der Waals surface area contributed by atoms with Crippen molar-refractivity contribution in [2.45, 2.75) is 44.9 Å². The summed E-state index contributed by atoms with van der Waals surface area (Å²) >= 11 is 0. The van der Waals surface area contributed by atoms with Crippen molar-refractivity contribution in [2.75, 3.05) is 9.80 Å². The SMILES string of the molecule is Cc1cccc2c1c1c(C)c(N(c3ccccc3)c3cccc4c3[C@]3(CCc5cccc(N(c6ccccc6)c6ccccc6)c53)CC4)ccc1n2-c1ccccc1. The molecule has 3 nitrogen and oxygen atoms in total. The van der Waals surface area contributed by atoms with Gasteiger partial charge in [-0.2, -0.15) is 0 Å². The van der Waals surface area contributed by atoms with Crippen molar-refractivity contribution in [3.05, 3.63) is 221 Å². The third-order valence-electron chi connectivity index (χ3n) is 13.0. The number of anilines is 6. The Morgan fingerprint density at radius 3 is 1.47 bits per heavy atom. The molecule has 280 valence electrons. The molecule has 0 amide bonds. The quantitative estimate of drug-likeness (QED) is 0.161. The van der Waals surface area contributed by atoms with Crippen LogP contribution in [0.25, 0.3) is 27.5 Å². The molecule has 0 saturated heterocycles. The van der Waals surface area contributed by atoms with Crippen molar-refractivity contribution in [2.24, 2.45) is 0 Å². The Kier molecular flexibility index (Phi) is 8.11. The number of aryl methyl sites for hydroxylation is 4. The van der Waals surface area contributed by atoms with Crippen molar-refractivity contribution in [1.82, 2.24) is 4.57 Å². The second-order valence-electron chi connectivity index (χ2n) is 16.1. The van der Waals surface area contributed by atoms with E-state index in [9.17, 15) is 0 Å². The molecule has 11 rings (SSSR count). The zero-order chi connectivity index (χ0) is 38.8. The first-order valence-electron chi connectivity index (χ1n) is 20.7. The minimum absolute atomic E-state index is 0.148. The zero-order valence-electron chi connectivity index (χ0n) is 33.1. The summed E-state index contributed by atoms with van der Waals surface area (Å²) in [5.41, 5.74) is 19.3. The minimum atomic E-state index is -0.148. The molecule has 0 unspecified atom stereocenters. The molecule has 0 bridgehead atoms. The third-order valence-corrected chi connectivity index (χ3v) is 13.0. The number of nitrogens with zero attached hydrogens (tertiary/aromatic N) is 3. The van der Waals surface area contributed by atoms with Gasteiger partial charge in [-0.1, -0.05) is 109 Å². The van der Waals surface area contributed by atoms with Crippen molar-refractivity contribution in [3.63, 3.8) is 0 Å². The van der Waals surface area contributed by atoms with Crippen LogP contribution in [0.5, 0.6) is 0 Å². The van der Waals surface area contributed by atoms with E-state index in [4.69, 9.17) is 0 Å². The van der Waals surface area contributed by atoms with Gasteiger partial charge in [-0.25, -0.2) is 0 Å². The number of rotatable bonds is 7. The molecule has 1 spiro atoms. The molecule has 9 aromatic rings. The summed E-state index contributed by atoms with van der Waals surface area (Å²) in [6, 6.07) is 69.3. The van der Waals surface area contributed by atoms with Gasteiger partial charge < -0.3 is 14.4 Å². The Labute approximate surface area is 341 Å². The molecular formula is C55H45N3. The maximum atomic E-state index is 2.58. The first-order valence-corrected chi connectivity index (χ1v) is 20.7. The fraction of sp³-hybridized carbons (Fsp3) is 0.127. The summed E-state index contributed by atoms with van der Waals surface area (Å²) in [5.74, 6) is 0. The van der Waals surface area contributed by atoms with Crippen molar-refractivity contribution in [1.29, 1.82) is 0 Å². The van der Waals surface area contributed by atoms with E-state index >= 15 is 0 Å². The van der Waals surface area contributed by atoms with Gasteiger partial charge in [-0.15, -0.1) is 0 Å². The van der Waals surface area contributed by atoms with Crippen molar-refractivity contribution in [3.8, 4) is 5.69 Å². The highest BCUT2D eigenvalue weighted by Gasteiger charge is 2.49. The average molecular weight is 748 g/mol. The summed E-state index contributed by atoms with van der Waals surface area (Å²) in [6.45, 7) is 4.60. The lowest BCUT2D eigenvalue weighted by Gasteiger charge is -2.37. The number of benzene rings is 8. The lowest BCUT2D eigenvalue weighted by atomic mass is 9.74. The number of fused-ring (bicyclic) bond motifs is 7. The topological polar surface area (TPSA) is 11.4 Å². The van der Waals surface area contributed by atoms with Gasteiger partial charge in [0, 0.05) is 44.6 Å². The monoisotopic (exact) mass is 747 g/mol. The number of hydrogen-bond acceptors (Lipinski definition) is 2. The molecule has 8 aromatic carbocycles. The Balaban J connectivity index is 1.16. The van der Waals surface area contributed by atoms with Crippen LogP contribution in [0.3, 0.4) is 0 Å². The van der Waals surface area contributed by atoms with E-state index in [0.717, 1.165) is 25.7 Å². The van der Waals surface area contributed by atoms with Crippen LogP contribution < -0.4 is 9.80 Å². The third kappa shape index (κ3) is 5.19. The van der Waals surface area contributed by atoms with Gasteiger partial charge in [-0.05, 0) is 152 Å². The highest BCUT2D eigenvalue weighted by atomic mass is 15.2. The van der Waals surface area contributed by atoms with Gasteiger partial charge in [0.25, 0.3) is 0 Å². The molecule has 2 aliphatic rings. The van der Waals surface area contributed by atoms with Crippen LogP contribution in [0.15, 0.2) is 188 Å². The van der Waals surface area contributed by atoms with Crippen LogP contribution in [0.2, 0.25) is 0 Å². The molecule has 3 heteroatoms. The van der Waals surface area contributed by atoms with Gasteiger partial charge in [0.1, 0.15) is 0 Å². The van der Waals surface area contributed by atoms with E-state index in [0.29, 0.717) is 0 Å². The maximum absolute atomic E-state index is 2.58. The van der Waals surface area contributed by atoms with Crippen molar-refractivity contribution < 1.29 is 0 Å². The standard InChI is InChI=1S/C55H45N3/c1-38-18-15-29-47-51(38)52-39(2)46(32-33-48(52)58(47)45-27-13-6-14-28-45)57(44-25-11-5-12-26-44)50-31-17-20-41-35-37-55(54(41)50)36-34-40-19-16-30-49(53(40)55)56(42-21-7-3-8-22-42)43-23-9-4-10-24-43/h3-33H,34-37H2,1-2H3/t55-/m1/s1. The second kappa shape index (κ2) is 13.7. The van der Waals surface area contributed by atoms with Crippen LogP contribution in [-0.2, 0) is 18.3 Å². The molecule has 58 heavy (non-hydrogen) atoms. The summed E-state index contributed by atoms with van der Waals surface area (Å²) < 4.78 is 2.44. The van der Waals surface area contributed by atoms with E-state index in [1.54, 1.807) is 0 Å².